The third-order valence-corrected chi connectivity index (χ3v) is 13.1. The first-order valence-electron chi connectivity index (χ1n) is 28.2. The summed E-state index contributed by atoms with van der Waals surface area (Å²) in [5.41, 5.74) is 10.2. The number of hydrogen-bond donors (Lipinski definition) is 9. The van der Waals surface area contributed by atoms with Crippen LogP contribution in [-0.4, -0.2) is 228 Å². The summed E-state index contributed by atoms with van der Waals surface area (Å²) in [7, 11) is -3.39. The molecule has 0 aromatic carbocycles. The van der Waals surface area contributed by atoms with Crippen molar-refractivity contribution in [1.29, 1.82) is 0 Å². The van der Waals surface area contributed by atoms with Crippen molar-refractivity contribution in [3.63, 3.8) is 0 Å². The number of ether oxygens (including phenoxy) is 10. The van der Waals surface area contributed by atoms with Crippen LogP contribution in [0.25, 0.3) is 0 Å². The molecule has 2 aliphatic heterocycles. The molecule has 0 bridgehead atoms. The van der Waals surface area contributed by atoms with E-state index in [1.807, 2.05) is 27.7 Å². The minimum absolute atomic E-state index is 0.0412. The number of aliphatic carboxylic acids is 2. The summed E-state index contributed by atoms with van der Waals surface area (Å²) >= 11 is 15.7. The topological polar surface area (TPSA) is 467 Å². The highest BCUT2D eigenvalue weighted by Gasteiger charge is 2.29. The number of alkyl carbamates (subject to hydrolysis) is 3. The van der Waals surface area contributed by atoms with E-state index in [0.717, 1.165) is 13.0 Å². The van der Waals surface area contributed by atoms with Gasteiger partial charge in [0, 0.05) is 70.9 Å². The van der Waals surface area contributed by atoms with Crippen LogP contribution in [0.4, 0.5) is 14.4 Å². The van der Waals surface area contributed by atoms with Crippen molar-refractivity contribution >= 4 is 119 Å². The number of esters is 5. The maximum atomic E-state index is 12.0. The van der Waals surface area contributed by atoms with E-state index in [0.29, 0.717) is 58.4 Å². The highest BCUT2D eigenvalue weighted by molar-refractivity contribution is 7.58. The zero-order valence-electron chi connectivity index (χ0n) is 53.5. The van der Waals surface area contributed by atoms with Crippen molar-refractivity contribution in [2.24, 2.45) is 11.5 Å². The number of cyclic esters (lactones) is 2. The molecule has 528 valence electrons. The third-order valence-electron chi connectivity index (χ3n) is 9.30. The van der Waals surface area contributed by atoms with Crippen molar-refractivity contribution in [1.82, 2.24) is 20.8 Å². The maximum Gasteiger partial charge on any atom is 0.407 e. The normalized spacial score (nSPS) is 15.6. The second kappa shape index (κ2) is 66.5. The molecule has 0 spiro atoms. The van der Waals surface area contributed by atoms with Crippen LogP contribution >= 0.6 is 59.0 Å². The number of carboxylic acids is 2. The lowest BCUT2D eigenvalue weighted by Crippen LogP contribution is -2.42. The number of halogens is 3. The van der Waals surface area contributed by atoms with Gasteiger partial charge in [0.05, 0.1) is 65.8 Å². The number of carboxylic acid groups (broad SMARTS) is 2. The molecule has 0 aromatic rings. The van der Waals surface area contributed by atoms with Gasteiger partial charge in [0.15, 0.2) is 14.7 Å². The second-order valence-corrected chi connectivity index (χ2v) is 23.0. The molecule has 89 heavy (non-hydrogen) atoms. The standard InChI is InChI=1S/C12H24NO6P.C9H16ClNO4.C7H11NO4.C6H11NO4.C5H12NO4P.C4H6ClNO2.C3H7ClO.C3H9OP.C2H6/c1-5-17-11(14)10(13-12(15)18-6-2)8-9-20(4,16)19-7-3;1-3-14-8(12)7(5-6-10)11-9(13)15-4-2;1-2-11-7(10)8-5-3-4-12-6(5)9;1-4(8)11-3-2-5(7)6(9)10;1-11(9,10)3-2-4(6)5(7)8;5-6-3-1-2-8-4(3)7;1-2-5-3-4;1-2-4-3-5;1-2/h10H,5-9H2,1-4H3,(H,13,15);7H,3-6H2,1-2H3,(H,11,13);5H,2-4H2,1H3,(H,8,10);5H,2-3,7H2,1H3,(H,9,10);4H,2-3,6H2,1H3,(H,7,8)(H,9,10);3,6H,1-2H2;2-3H2,1H3;2-3,5H2,1H3;1-2H3/t10-,20?;7-;2*5-;4-;3-;;;/m000000.../s1. The number of carbonyl (C=O) groups excluding carboxylic acids is 8. The van der Waals surface area contributed by atoms with E-state index in [2.05, 4.69) is 58.4 Å². The van der Waals surface area contributed by atoms with Gasteiger partial charge in [-0.1, -0.05) is 25.4 Å². The first kappa shape index (κ1) is 98.2. The Bertz CT molecular complexity index is 1980. The summed E-state index contributed by atoms with van der Waals surface area (Å²) in [4.78, 5) is 119. The average Bonchev–Trinajstić information content (AvgIpc) is 4.14. The number of alkyl halides is 2. The van der Waals surface area contributed by atoms with Gasteiger partial charge in [0.2, 0.25) is 0 Å². The minimum Gasteiger partial charge on any atom is -0.480 e. The molecule has 0 aromatic heterocycles. The number of amides is 3. The summed E-state index contributed by atoms with van der Waals surface area (Å²) in [6.45, 7) is 26.0. The Morgan fingerprint density at radius 3 is 1.33 bits per heavy atom. The van der Waals surface area contributed by atoms with Gasteiger partial charge >= 0.3 is 60.1 Å². The fourth-order valence-electron chi connectivity index (χ4n) is 5.11. The smallest absolute Gasteiger partial charge is 0.407 e. The van der Waals surface area contributed by atoms with E-state index >= 15 is 0 Å². The number of carbonyl (C=O) groups is 10. The summed E-state index contributed by atoms with van der Waals surface area (Å²) in [5.74, 6) is -4.10. The zero-order chi connectivity index (χ0) is 70.4. The zero-order valence-corrected chi connectivity index (χ0v) is 58.7. The van der Waals surface area contributed by atoms with Gasteiger partial charge in [0.25, 0.3) is 0 Å². The van der Waals surface area contributed by atoms with Crippen LogP contribution < -0.4 is 32.3 Å². The van der Waals surface area contributed by atoms with Crippen molar-refractivity contribution in [3.05, 3.63) is 0 Å². The highest BCUT2D eigenvalue weighted by atomic mass is 35.5. The molecule has 2 saturated heterocycles. The minimum atomic E-state index is -3.10. The third kappa shape index (κ3) is 69.3. The van der Waals surface area contributed by atoms with E-state index in [1.54, 1.807) is 41.5 Å². The van der Waals surface area contributed by atoms with Crippen LogP contribution in [0.2, 0.25) is 0 Å². The predicted molar refractivity (Wildman–Crippen MR) is 337 cm³/mol. The van der Waals surface area contributed by atoms with E-state index in [9.17, 15) is 57.1 Å². The van der Waals surface area contributed by atoms with Gasteiger partial charge in [0.1, 0.15) is 42.3 Å². The van der Waals surface area contributed by atoms with Crippen molar-refractivity contribution in [3.8, 4) is 0 Å². The Kier molecular flexibility index (Phi) is 73.4. The van der Waals surface area contributed by atoms with Gasteiger partial charge in [-0.15, -0.1) is 20.8 Å². The van der Waals surface area contributed by atoms with Crippen molar-refractivity contribution in [2.45, 2.75) is 151 Å². The lowest BCUT2D eigenvalue weighted by Gasteiger charge is -2.19. The summed E-state index contributed by atoms with van der Waals surface area (Å²) < 4.78 is 74.5. The molecule has 2 heterocycles. The van der Waals surface area contributed by atoms with Crippen LogP contribution in [0.3, 0.4) is 0 Å². The predicted octanol–water partition coefficient (Wildman–Crippen LogP) is 5.53. The molecular weight excluding hydrogens is 1310 g/mol. The highest BCUT2D eigenvalue weighted by Crippen LogP contribution is 2.43. The van der Waals surface area contributed by atoms with Gasteiger partial charge < -0.3 is 94.4 Å². The van der Waals surface area contributed by atoms with Crippen LogP contribution in [0.5, 0.6) is 0 Å². The quantitative estimate of drug-likeness (QED) is 0.0140. The second-order valence-electron chi connectivity index (χ2n) is 16.6. The maximum absolute atomic E-state index is 12.0. The number of rotatable bonds is 30. The lowest BCUT2D eigenvalue weighted by molar-refractivity contribution is -0.146. The first-order valence-corrected chi connectivity index (χ1v) is 35.0. The lowest BCUT2D eigenvalue weighted by atomic mass is 10.2. The van der Waals surface area contributed by atoms with Gasteiger partial charge in [-0.3, -0.25) is 28.3 Å². The van der Waals surface area contributed by atoms with Gasteiger partial charge in [-0.25, -0.2) is 33.6 Å². The molecule has 9 atom stereocenters. The Hall–Kier alpha value is -4.42. The Morgan fingerprint density at radius 2 is 1.03 bits per heavy atom. The molecule has 2 rings (SSSR count). The van der Waals surface area contributed by atoms with E-state index < -0.39 is 93.1 Å². The number of nitrogens with one attached hydrogen (secondary N) is 4. The molecule has 0 saturated carbocycles. The van der Waals surface area contributed by atoms with Crippen LogP contribution in [-0.2, 0) is 94.6 Å². The molecule has 2 aliphatic rings. The van der Waals surface area contributed by atoms with Crippen LogP contribution in [0.1, 0.15) is 115 Å². The first-order chi connectivity index (χ1) is 41.8. The molecule has 3 unspecified atom stereocenters. The molecule has 11 N–H and O–H groups in total. The number of hydrogen-bond acceptors (Lipinski definition) is 26. The molecule has 32 nitrogen and oxygen atoms in total. The molecule has 0 radical (unpaired) electrons. The summed E-state index contributed by atoms with van der Waals surface area (Å²) in [5, 5.41) is 23.7. The fourth-order valence-corrected chi connectivity index (χ4v) is 8.08. The Labute approximate surface area is 540 Å². The molecule has 0 aliphatic carbocycles. The number of nitrogens with two attached hydrogens (primary N) is 2. The largest absolute Gasteiger partial charge is 0.480 e. The van der Waals surface area contributed by atoms with Crippen LogP contribution in [0, 0.1) is 0 Å². The summed E-state index contributed by atoms with van der Waals surface area (Å²) in [6.07, 6.45) is 0.877. The fraction of sp³-hybridized carbons (Fsp3) is 0.804. The summed E-state index contributed by atoms with van der Waals surface area (Å²) in [6, 6.07) is -4.09. The molecule has 3 amide bonds. The average molecular weight is 1410 g/mol. The molecule has 38 heteroatoms. The van der Waals surface area contributed by atoms with Gasteiger partial charge in [-0.2, -0.15) is 0 Å². The van der Waals surface area contributed by atoms with Crippen LogP contribution in [0.15, 0.2) is 0 Å². The monoisotopic (exact) mass is 1410 g/mol. The van der Waals surface area contributed by atoms with E-state index in [-0.39, 0.29) is 88.5 Å². The molecular formula is C51H102Cl3N6O26P3. The Morgan fingerprint density at radius 1 is 0.618 bits per heavy atom. The van der Waals surface area contributed by atoms with Crippen molar-refractivity contribution < 1.29 is 124 Å². The van der Waals surface area contributed by atoms with E-state index in [1.165, 1.54) is 20.3 Å². The van der Waals surface area contributed by atoms with Crippen molar-refractivity contribution in [2.75, 3.05) is 117 Å². The Balaban J connectivity index is -0.000000177. The SMILES string of the molecule is CC.CC(=O)OCC[C@H](N)C(=O)O.CCOC(=O)N[C@@H](CCCl)C(=O)OCC.CCOC(=O)N[C@@H](CCP(C)(=O)OCC)C(=O)OCC.CCOC(=O)N[C@H]1CCOC1=O.CCOCCl.CCOCP.CP(=O)(O)CC[C@H](N)C(=O)O.O=C1OCC[C@@H]1NCl. The van der Waals surface area contributed by atoms with E-state index in [4.69, 9.17) is 85.0 Å². The van der Waals surface area contributed by atoms with Gasteiger partial charge in [-0.05, 0) is 86.4 Å². The molecule has 2 fully saturated rings.